The molecule has 0 saturated carbocycles. The van der Waals surface area contributed by atoms with Crippen LogP contribution in [0.2, 0.25) is 0 Å². The zero-order chi connectivity index (χ0) is 12.8. The number of nitrogens with zero attached hydrogens (tertiary/aromatic N) is 1. The van der Waals surface area contributed by atoms with Gasteiger partial charge in [-0.2, -0.15) is 0 Å². The van der Waals surface area contributed by atoms with Gasteiger partial charge in [0.25, 0.3) is 0 Å². The molecule has 0 bridgehead atoms. The molecule has 17 heavy (non-hydrogen) atoms. The van der Waals surface area contributed by atoms with Gasteiger partial charge in [-0.05, 0) is 31.5 Å². The van der Waals surface area contributed by atoms with E-state index in [-0.39, 0.29) is 5.91 Å². The van der Waals surface area contributed by atoms with E-state index in [4.69, 9.17) is 0 Å². The van der Waals surface area contributed by atoms with Crippen LogP contribution in [0.25, 0.3) is 0 Å². The van der Waals surface area contributed by atoms with Crippen LogP contribution in [0.15, 0.2) is 41.3 Å². The second-order valence-corrected chi connectivity index (χ2v) is 4.72. The average Bonchev–Trinajstić information content (AvgIpc) is 2.28. The first-order chi connectivity index (χ1) is 8.02. The molecule has 0 aliphatic rings. The Hall–Kier alpha value is -1.22. The number of hydrogen-bond acceptors (Lipinski definition) is 2. The highest BCUT2D eigenvalue weighted by Gasteiger charge is 2.11. The summed E-state index contributed by atoms with van der Waals surface area (Å²) >= 11 is 4.22. The summed E-state index contributed by atoms with van der Waals surface area (Å²) in [4.78, 5) is 14.8. The Bertz CT molecular complexity index is 397. The summed E-state index contributed by atoms with van der Waals surface area (Å²) in [5, 5.41) is 0. The van der Waals surface area contributed by atoms with Crippen LogP contribution in [0.5, 0.6) is 0 Å². The first-order valence-corrected chi connectivity index (χ1v) is 6.17. The van der Waals surface area contributed by atoms with Crippen LogP contribution >= 0.6 is 12.6 Å². The maximum absolute atomic E-state index is 12.0. The van der Waals surface area contributed by atoms with E-state index in [0.29, 0.717) is 13.0 Å². The van der Waals surface area contributed by atoms with Crippen molar-refractivity contribution >= 4 is 18.5 Å². The van der Waals surface area contributed by atoms with Gasteiger partial charge in [0.1, 0.15) is 0 Å². The van der Waals surface area contributed by atoms with Gasteiger partial charge in [0.15, 0.2) is 0 Å². The summed E-state index contributed by atoms with van der Waals surface area (Å²) < 4.78 is 0. The molecule has 0 aliphatic heterocycles. The molecule has 0 spiro atoms. The molecule has 1 aromatic rings. The van der Waals surface area contributed by atoms with Crippen LogP contribution in [0, 0.1) is 0 Å². The monoisotopic (exact) mass is 249 g/mol. The fourth-order valence-electron chi connectivity index (χ4n) is 1.60. The molecule has 92 valence electrons. The maximum Gasteiger partial charge on any atom is 0.227 e. The third-order valence-corrected chi connectivity index (χ3v) is 2.79. The van der Waals surface area contributed by atoms with E-state index in [9.17, 15) is 4.79 Å². The SMILES string of the molecule is C=C(C)CN(CC)C(=O)Cc1ccc(S)cc1. The van der Waals surface area contributed by atoms with E-state index in [1.165, 1.54) is 0 Å². The minimum atomic E-state index is 0.141. The fraction of sp³-hybridized carbons (Fsp3) is 0.357. The smallest absolute Gasteiger partial charge is 0.227 e. The molecule has 0 aliphatic carbocycles. The predicted octanol–water partition coefficient (Wildman–Crippen LogP) is 2.94. The van der Waals surface area contributed by atoms with Gasteiger partial charge in [-0.15, -0.1) is 12.6 Å². The average molecular weight is 249 g/mol. The Morgan fingerprint density at radius 2 is 1.94 bits per heavy atom. The second kappa shape index (κ2) is 6.50. The van der Waals surface area contributed by atoms with Crippen molar-refractivity contribution in [3.8, 4) is 0 Å². The number of hydrogen-bond donors (Lipinski definition) is 1. The van der Waals surface area contributed by atoms with Gasteiger partial charge in [0.2, 0.25) is 5.91 Å². The molecule has 1 aromatic carbocycles. The van der Waals surface area contributed by atoms with Crippen LogP contribution in [-0.4, -0.2) is 23.9 Å². The van der Waals surface area contributed by atoms with E-state index in [0.717, 1.165) is 22.6 Å². The largest absolute Gasteiger partial charge is 0.339 e. The topological polar surface area (TPSA) is 20.3 Å². The summed E-state index contributed by atoms with van der Waals surface area (Å²) in [6, 6.07) is 7.69. The van der Waals surface area contributed by atoms with Crippen LogP contribution in [-0.2, 0) is 11.2 Å². The highest BCUT2D eigenvalue weighted by molar-refractivity contribution is 7.80. The fourth-order valence-corrected chi connectivity index (χ4v) is 1.75. The maximum atomic E-state index is 12.0. The van der Waals surface area contributed by atoms with E-state index < -0.39 is 0 Å². The van der Waals surface area contributed by atoms with Gasteiger partial charge in [-0.3, -0.25) is 4.79 Å². The van der Waals surface area contributed by atoms with Crippen molar-refractivity contribution < 1.29 is 4.79 Å². The molecular formula is C14H19NOS. The Kier molecular flexibility index (Phi) is 5.29. The van der Waals surface area contributed by atoms with E-state index in [1.54, 1.807) is 0 Å². The van der Waals surface area contributed by atoms with Crippen molar-refractivity contribution in [1.29, 1.82) is 0 Å². The minimum Gasteiger partial charge on any atom is -0.339 e. The quantitative estimate of drug-likeness (QED) is 0.628. The molecule has 0 atom stereocenters. The predicted molar refractivity (Wildman–Crippen MR) is 74.5 cm³/mol. The van der Waals surface area contributed by atoms with E-state index >= 15 is 0 Å². The van der Waals surface area contributed by atoms with E-state index in [2.05, 4.69) is 19.2 Å². The van der Waals surface area contributed by atoms with Crippen molar-refractivity contribution in [1.82, 2.24) is 4.90 Å². The lowest BCUT2D eigenvalue weighted by molar-refractivity contribution is -0.129. The number of carbonyl (C=O) groups is 1. The van der Waals surface area contributed by atoms with Crippen molar-refractivity contribution in [2.24, 2.45) is 0 Å². The number of rotatable bonds is 5. The molecule has 0 saturated heterocycles. The molecule has 1 rings (SSSR count). The van der Waals surface area contributed by atoms with Gasteiger partial charge in [-0.1, -0.05) is 24.3 Å². The first-order valence-electron chi connectivity index (χ1n) is 5.73. The molecule has 2 nitrogen and oxygen atoms in total. The molecule has 0 heterocycles. The standard InChI is InChI=1S/C14H19NOS/c1-4-15(10-11(2)3)14(16)9-12-5-7-13(17)8-6-12/h5-8,17H,2,4,9-10H2,1,3H3. The zero-order valence-corrected chi connectivity index (χ0v) is 11.3. The molecule has 0 unspecified atom stereocenters. The third-order valence-electron chi connectivity index (χ3n) is 2.49. The van der Waals surface area contributed by atoms with Gasteiger partial charge in [0.05, 0.1) is 6.42 Å². The van der Waals surface area contributed by atoms with Crippen LogP contribution in [0.3, 0.4) is 0 Å². The lowest BCUT2D eigenvalue weighted by Crippen LogP contribution is -2.33. The van der Waals surface area contributed by atoms with Gasteiger partial charge in [-0.25, -0.2) is 0 Å². The number of amides is 1. The Morgan fingerprint density at radius 3 is 2.41 bits per heavy atom. The molecule has 0 radical (unpaired) electrons. The molecule has 0 N–H and O–H groups in total. The summed E-state index contributed by atoms with van der Waals surface area (Å²) in [5.41, 5.74) is 2.03. The molecule has 1 amide bonds. The zero-order valence-electron chi connectivity index (χ0n) is 10.4. The highest BCUT2D eigenvalue weighted by Crippen LogP contribution is 2.09. The number of benzene rings is 1. The van der Waals surface area contributed by atoms with E-state index in [1.807, 2.05) is 43.0 Å². The number of thiol groups is 1. The van der Waals surface area contributed by atoms with Gasteiger partial charge in [0, 0.05) is 18.0 Å². The third kappa shape index (κ3) is 4.65. The highest BCUT2D eigenvalue weighted by atomic mass is 32.1. The first kappa shape index (κ1) is 13.8. The number of carbonyl (C=O) groups excluding carboxylic acids is 1. The lowest BCUT2D eigenvalue weighted by Gasteiger charge is -2.21. The summed E-state index contributed by atoms with van der Waals surface area (Å²) in [5.74, 6) is 0.141. The minimum absolute atomic E-state index is 0.141. The Balaban J connectivity index is 2.63. The Labute approximate surface area is 109 Å². The van der Waals surface area contributed by atoms with Crippen molar-refractivity contribution in [2.75, 3.05) is 13.1 Å². The van der Waals surface area contributed by atoms with Crippen molar-refractivity contribution in [2.45, 2.75) is 25.2 Å². The molecule has 0 fully saturated rings. The molecule has 3 heteroatoms. The van der Waals surface area contributed by atoms with Crippen LogP contribution in [0.4, 0.5) is 0 Å². The molecular weight excluding hydrogens is 230 g/mol. The summed E-state index contributed by atoms with van der Waals surface area (Å²) in [6.45, 7) is 9.12. The van der Waals surface area contributed by atoms with Gasteiger partial charge < -0.3 is 4.90 Å². The van der Waals surface area contributed by atoms with Crippen molar-refractivity contribution in [3.05, 3.63) is 42.0 Å². The van der Waals surface area contributed by atoms with Gasteiger partial charge >= 0.3 is 0 Å². The van der Waals surface area contributed by atoms with Crippen molar-refractivity contribution in [3.63, 3.8) is 0 Å². The normalized spacial score (nSPS) is 10.1. The summed E-state index contributed by atoms with van der Waals surface area (Å²) in [6.07, 6.45) is 0.440. The summed E-state index contributed by atoms with van der Waals surface area (Å²) in [7, 11) is 0. The molecule has 0 aromatic heterocycles. The van der Waals surface area contributed by atoms with Crippen LogP contribution in [0.1, 0.15) is 19.4 Å². The number of likely N-dealkylation sites (N-methyl/N-ethyl adjacent to an activating group) is 1. The van der Waals surface area contributed by atoms with Crippen LogP contribution < -0.4 is 0 Å². The lowest BCUT2D eigenvalue weighted by atomic mass is 10.1. The second-order valence-electron chi connectivity index (χ2n) is 4.21. The Morgan fingerprint density at radius 1 is 1.35 bits per heavy atom.